The van der Waals surface area contributed by atoms with E-state index in [4.69, 9.17) is 9.16 Å². The molecule has 1 aliphatic rings. The Morgan fingerprint density at radius 2 is 1.56 bits per heavy atom. The van der Waals surface area contributed by atoms with Gasteiger partial charge in [0.05, 0.1) is 6.61 Å². The second-order valence-corrected chi connectivity index (χ2v) is 12.7. The third kappa shape index (κ3) is 3.71. The van der Waals surface area contributed by atoms with E-state index in [1.54, 1.807) is 0 Å². The molecule has 1 saturated heterocycles. The highest BCUT2D eigenvalue weighted by molar-refractivity contribution is 6.99. The Balaban J connectivity index is 2.01. The van der Waals surface area contributed by atoms with Gasteiger partial charge in [0.2, 0.25) is 5.67 Å². The number of carbonyl (C=O) groups excluding carboxylic acids is 1. The molecule has 2 atom stereocenters. The maximum Gasteiger partial charge on any atom is 0.344 e. The standard InChI is InChI=1S/C22H27FO3Si/c1-21(2,3)27(18-11-7-5-8-12-18,19-13-9-6-10-14-19)25-16-17-15-22(4,23)20(24)26-17/h5-14,17H,15-16H2,1-4H3/t17-,22+/m0/s1. The molecule has 0 saturated carbocycles. The molecule has 3 rings (SSSR count). The summed E-state index contributed by atoms with van der Waals surface area (Å²) >= 11 is 0. The minimum Gasteiger partial charge on any atom is -0.457 e. The van der Waals surface area contributed by atoms with Crippen molar-refractivity contribution in [2.24, 2.45) is 0 Å². The van der Waals surface area contributed by atoms with E-state index >= 15 is 0 Å². The Bertz CT molecular complexity index is 745. The average molecular weight is 387 g/mol. The van der Waals surface area contributed by atoms with Crippen molar-refractivity contribution in [2.75, 3.05) is 6.61 Å². The van der Waals surface area contributed by atoms with Crippen molar-refractivity contribution >= 4 is 24.7 Å². The first-order valence-electron chi connectivity index (χ1n) is 9.32. The highest BCUT2D eigenvalue weighted by Crippen LogP contribution is 2.38. The molecule has 0 bridgehead atoms. The highest BCUT2D eigenvalue weighted by atomic mass is 28.4. The smallest absolute Gasteiger partial charge is 0.344 e. The number of hydrogen-bond acceptors (Lipinski definition) is 3. The largest absolute Gasteiger partial charge is 0.457 e. The molecule has 2 aromatic carbocycles. The minimum atomic E-state index is -2.70. The first kappa shape index (κ1) is 19.8. The molecule has 27 heavy (non-hydrogen) atoms. The van der Waals surface area contributed by atoms with Crippen molar-refractivity contribution in [3.05, 3.63) is 60.7 Å². The molecule has 1 fully saturated rings. The fourth-order valence-electron chi connectivity index (χ4n) is 3.90. The Hall–Kier alpha value is -1.98. The molecule has 5 heteroatoms. The van der Waals surface area contributed by atoms with E-state index < -0.39 is 26.1 Å². The normalized spacial score (nSPS) is 23.3. The molecule has 3 nitrogen and oxygen atoms in total. The van der Waals surface area contributed by atoms with Crippen LogP contribution in [0.2, 0.25) is 5.04 Å². The number of rotatable bonds is 5. The second kappa shape index (κ2) is 7.21. The Morgan fingerprint density at radius 3 is 1.93 bits per heavy atom. The Kier molecular flexibility index (Phi) is 5.28. The van der Waals surface area contributed by atoms with Crippen molar-refractivity contribution in [3.8, 4) is 0 Å². The van der Waals surface area contributed by atoms with E-state index in [0.717, 1.165) is 10.4 Å². The maximum atomic E-state index is 14.2. The van der Waals surface area contributed by atoms with Crippen LogP contribution in [0, 0.1) is 0 Å². The first-order chi connectivity index (χ1) is 12.7. The summed E-state index contributed by atoms with van der Waals surface area (Å²) in [5, 5.41) is 2.13. The zero-order valence-electron chi connectivity index (χ0n) is 16.4. The van der Waals surface area contributed by atoms with E-state index in [0.29, 0.717) is 0 Å². The summed E-state index contributed by atoms with van der Waals surface area (Å²) in [7, 11) is -2.70. The molecular formula is C22H27FO3Si. The van der Waals surface area contributed by atoms with Gasteiger partial charge in [-0.2, -0.15) is 0 Å². The lowest BCUT2D eigenvalue weighted by Crippen LogP contribution is -2.67. The number of halogens is 1. The summed E-state index contributed by atoms with van der Waals surface area (Å²) in [5.74, 6) is -0.793. The summed E-state index contributed by atoms with van der Waals surface area (Å²) in [6, 6.07) is 20.5. The quantitative estimate of drug-likeness (QED) is 0.582. The topological polar surface area (TPSA) is 35.5 Å². The number of alkyl halides is 1. The van der Waals surface area contributed by atoms with Gasteiger partial charge in [-0.3, -0.25) is 0 Å². The second-order valence-electron chi connectivity index (χ2n) is 8.40. The van der Waals surface area contributed by atoms with E-state index in [9.17, 15) is 9.18 Å². The molecule has 1 heterocycles. The zero-order valence-corrected chi connectivity index (χ0v) is 17.4. The van der Waals surface area contributed by atoms with E-state index in [1.807, 2.05) is 36.4 Å². The van der Waals surface area contributed by atoms with Gasteiger partial charge in [-0.15, -0.1) is 0 Å². The summed E-state index contributed by atoms with van der Waals surface area (Å²) in [5.41, 5.74) is -1.93. The Labute approximate surface area is 161 Å². The molecule has 0 aliphatic carbocycles. The van der Waals surface area contributed by atoms with Crippen molar-refractivity contribution in [2.45, 2.75) is 50.9 Å². The van der Waals surface area contributed by atoms with Crippen LogP contribution in [0.5, 0.6) is 0 Å². The van der Waals surface area contributed by atoms with Gasteiger partial charge in [-0.1, -0.05) is 81.4 Å². The molecule has 0 spiro atoms. The Morgan fingerprint density at radius 1 is 1.07 bits per heavy atom. The average Bonchev–Trinajstić information content (AvgIpc) is 2.88. The van der Waals surface area contributed by atoms with Gasteiger partial charge in [-0.05, 0) is 22.3 Å². The zero-order chi connectivity index (χ0) is 19.7. The fourth-order valence-corrected chi connectivity index (χ4v) is 8.49. The van der Waals surface area contributed by atoms with E-state index in [1.165, 1.54) is 6.92 Å². The molecule has 1 aliphatic heterocycles. The third-order valence-corrected chi connectivity index (χ3v) is 10.2. The molecule has 0 amide bonds. The lowest BCUT2D eigenvalue weighted by Gasteiger charge is -2.43. The number of esters is 1. The van der Waals surface area contributed by atoms with Crippen molar-refractivity contribution < 1.29 is 18.3 Å². The van der Waals surface area contributed by atoms with Crippen molar-refractivity contribution in [1.29, 1.82) is 0 Å². The number of benzene rings is 2. The highest BCUT2D eigenvalue weighted by Gasteiger charge is 2.52. The predicted octanol–water partition coefficient (Wildman–Crippen LogP) is 3.61. The van der Waals surface area contributed by atoms with Gasteiger partial charge in [-0.25, -0.2) is 9.18 Å². The van der Waals surface area contributed by atoms with Crippen LogP contribution < -0.4 is 10.4 Å². The predicted molar refractivity (Wildman–Crippen MR) is 108 cm³/mol. The van der Waals surface area contributed by atoms with Gasteiger partial charge in [0.25, 0.3) is 8.32 Å². The van der Waals surface area contributed by atoms with Crippen LogP contribution in [-0.2, 0) is 14.0 Å². The number of cyclic esters (lactones) is 1. The van der Waals surface area contributed by atoms with Crippen LogP contribution in [0.15, 0.2) is 60.7 Å². The van der Waals surface area contributed by atoms with Crippen LogP contribution in [0.1, 0.15) is 34.1 Å². The summed E-state index contributed by atoms with van der Waals surface area (Å²) in [6.07, 6.45) is -0.529. The van der Waals surface area contributed by atoms with Gasteiger partial charge in [0.15, 0.2) is 0 Å². The van der Waals surface area contributed by atoms with Gasteiger partial charge < -0.3 is 9.16 Å². The number of ether oxygens (including phenoxy) is 1. The van der Waals surface area contributed by atoms with E-state index in [2.05, 4.69) is 45.0 Å². The molecule has 0 N–H and O–H groups in total. The SMILES string of the molecule is CC(C)(C)[Si](OC[C@@H]1C[C@@](C)(F)C(=O)O1)(c1ccccc1)c1ccccc1. The van der Waals surface area contributed by atoms with Crippen LogP contribution in [-0.4, -0.2) is 32.7 Å². The molecule has 2 aromatic rings. The first-order valence-corrected chi connectivity index (χ1v) is 11.2. The molecule has 144 valence electrons. The lowest BCUT2D eigenvalue weighted by molar-refractivity contribution is -0.150. The third-order valence-electron chi connectivity index (χ3n) is 5.21. The monoisotopic (exact) mass is 386 g/mol. The van der Waals surface area contributed by atoms with E-state index in [-0.39, 0.29) is 18.1 Å². The maximum absolute atomic E-state index is 14.2. The van der Waals surface area contributed by atoms with Gasteiger partial charge >= 0.3 is 5.97 Å². The molecule has 0 aromatic heterocycles. The van der Waals surface area contributed by atoms with Crippen molar-refractivity contribution in [3.63, 3.8) is 0 Å². The lowest BCUT2D eigenvalue weighted by atomic mass is 10.1. The van der Waals surface area contributed by atoms with Crippen LogP contribution in [0.4, 0.5) is 4.39 Å². The fraction of sp³-hybridized carbons (Fsp3) is 0.409. The number of hydrogen-bond donors (Lipinski definition) is 0. The van der Waals surface area contributed by atoms with Gasteiger partial charge in [0, 0.05) is 6.42 Å². The minimum absolute atomic E-state index is 0.0318. The molecular weight excluding hydrogens is 359 g/mol. The number of carbonyl (C=O) groups is 1. The van der Waals surface area contributed by atoms with Gasteiger partial charge in [0.1, 0.15) is 6.10 Å². The summed E-state index contributed by atoms with van der Waals surface area (Å²) in [6.45, 7) is 8.01. The van der Waals surface area contributed by atoms with Crippen LogP contribution in [0.25, 0.3) is 0 Å². The summed E-state index contributed by atoms with van der Waals surface area (Å²) < 4.78 is 26.2. The summed E-state index contributed by atoms with van der Waals surface area (Å²) in [4.78, 5) is 11.7. The molecule has 0 radical (unpaired) electrons. The molecule has 0 unspecified atom stereocenters. The van der Waals surface area contributed by atoms with Crippen LogP contribution >= 0.6 is 0 Å². The van der Waals surface area contributed by atoms with Crippen molar-refractivity contribution in [1.82, 2.24) is 0 Å². The van der Waals surface area contributed by atoms with Crippen LogP contribution in [0.3, 0.4) is 0 Å².